The van der Waals surface area contributed by atoms with Gasteiger partial charge in [0.25, 0.3) is 0 Å². The van der Waals surface area contributed by atoms with Gasteiger partial charge < -0.3 is 0 Å². The van der Waals surface area contributed by atoms with E-state index in [9.17, 15) is 8.78 Å². The Bertz CT molecular complexity index is 631. The molecule has 2 nitrogen and oxygen atoms in total. The number of hydrogen-bond acceptors (Lipinski definition) is 2. The lowest BCUT2D eigenvalue weighted by Gasteiger charge is -2.33. The SMILES string of the molecule is CC(C)(C)N(N=Cc1cccc(F)c1F)c1ccccc1. The third-order valence-electron chi connectivity index (χ3n) is 2.93. The van der Waals surface area contributed by atoms with Crippen LogP contribution in [-0.4, -0.2) is 11.8 Å². The van der Waals surface area contributed by atoms with Crippen LogP contribution in [0.15, 0.2) is 53.6 Å². The van der Waals surface area contributed by atoms with Crippen LogP contribution in [0.2, 0.25) is 0 Å². The summed E-state index contributed by atoms with van der Waals surface area (Å²) in [5.41, 5.74) is 0.722. The Kier molecular flexibility index (Phi) is 4.36. The quantitative estimate of drug-likeness (QED) is 0.595. The molecule has 4 heteroatoms. The van der Waals surface area contributed by atoms with E-state index < -0.39 is 11.6 Å². The van der Waals surface area contributed by atoms with Crippen molar-refractivity contribution in [3.8, 4) is 0 Å². The second-order valence-electron chi connectivity index (χ2n) is 5.71. The van der Waals surface area contributed by atoms with Crippen molar-refractivity contribution < 1.29 is 8.78 Å². The summed E-state index contributed by atoms with van der Waals surface area (Å²) in [7, 11) is 0. The Balaban J connectivity index is 2.36. The number of benzene rings is 2. The molecule has 0 N–H and O–H groups in total. The fourth-order valence-corrected chi connectivity index (χ4v) is 1.94. The van der Waals surface area contributed by atoms with Crippen LogP contribution >= 0.6 is 0 Å². The van der Waals surface area contributed by atoms with E-state index >= 15 is 0 Å². The van der Waals surface area contributed by atoms with Crippen LogP contribution in [0.1, 0.15) is 26.3 Å². The van der Waals surface area contributed by atoms with Gasteiger partial charge in [0.15, 0.2) is 11.6 Å². The monoisotopic (exact) mass is 288 g/mol. The first kappa shape index (κ1) is 15.2. The topological polar surface area (TPSA) is 15.6 Å². The summed E-state index contributed by atoms with van der Waals surface area (Å²) in [6, 6.07) is 13.6. The number of rotatable bonds is 3. The van der Waals surface area contributed by atoms with Gasteiger partial charge in [0.2, 0.25) is 0 Å². The van der Waals surface area contributed by atoms with Gasteiger partial charge >= 0.3 is 0 Å². The lowest BCUT2D eigenvalue weighted by molar-refractivity contribution is 0.505. The van der Waals surface area contributed by atoms with E-state index in [4.69, 9.17) is 0 Å². The number of hydrazone groups is 1. The van der Waals surface area contributed by atoms with Crippen LogP contribution in [0.25, 0.3) is 0 Å². The summed E-state index contributed by atoms with van der Waals surface area (Å²) in [4.78, 5) is 0. The van der Waals surface area contributed by atoms with Crippen molar-refractivity contribution in [2.24, 2.45) is 5.10 Å². The highest BCUT2D eigenvalue weighted by Crippen LogP contribution is 2.24. The van der Waals surface area contributed by atoms with Crippen LogP contribution < -0.4 is 5.01 Å². The number of nitrogens with zero attached hydrogens (tertiary/aromatic N) is 2. The van der Waals surface area contributed by atoms with Crippen molar-refractivity contribution in [3.63, 3.8) is 0 Å². The van der Waals surface area contributed by atoms with Gasteiger partial charge in [0.1, 0.15) is 0 Å². The van der Waals surface area contributed by atoms with Gasteiger partial charge in [-0.05, 0) is 39.0 Å². The first-order chi connectivity index (χ1) is 9.89. The molecule has 0 radical (unpaired) electrons. The highest BCUT2D eigenvalue weighted by atomic mass is 19.2. The lowest BCUT2D eigenvalue weighted by Crippen LogP contribution is -2.37. The number of anilines is 1. The number of para-hydroxylation sites is 1. The van der Waals surface area contributed by atoms with Crippen molar-refractivity contribution in [1.82, 2.24) is 0 Å². The van der Waals surface area contributed by atoms with Crippen molar-refractivity contribution >= 4 is 11.9 Å². The highest BCUT2D eigenvalue weighted by molar-refractivity contribution is 5.81. The molecule has 0 aromatic heterocycles. The van der Waals surface area contributed by atoms with Gasteiger partial charge in [-0.2, -0.15) is 5.10 Å². The molecule has 2 aromatic carbocycles. The van der Waals surface area contributed by atoms with Crippen LogP contribution in [0.4, 0.5) is 14.5 Å². The minimum atomic E-state index is -0.886. The van der Waals surface area contributed by atoms with E-state index in [0.717, 1.165) is 11.8 Å². The zero-order valence-corrected chi connectivity index (χ0v) is 12.3. The van der Waals surface area contributed by atoms with Gasteiger partial charge in [-0.25, -0.2) is 8.78 Å². The molecule has 110 valence electrons. The van der Waals surface area contributed by atoms with Gasteiger partial charge in [-0.3, -0.25) is 5.01 Å². The molecule has 0 atom stereocenters. The average molecular weight is 288 g/mol. The van der Waals surface area contributed by atoms with Crippen molar-refractivity contribution in [2.45, 2.75) is 26.3 Å². The fraction of sp³-hybridized carbons (Fsp3) is 0.235. The van der Waals surface area contributed by atoms with Crippen LogP contribution in [0.3, 0.4) is 0 Å². The molecule has 0 amide bonds. The average Bonchev–Trinajstić information content (AvgIpc) is 2.43. The normalized spacial score (nSPS) is 11.9. The second-order valence-corrected chi connectivity index (χ2v) is 5.71. The third-order valence-corrected chi connectivity index (χ3v) is 2.93. The standard InChI is InChI=1S/C17H18F2N2/c1-17(2,3)21(14-9-5-4-6-10-14)20-12-13-8-7-11-15(18)16(13)19/h4-12H,1-3H3. The van der Waals surface area contributed by atoms with E-state index in [1.807, 2.05) is 51.1 Å². The Hall–Kier alpha value is -2.23. The molecule has 0 saturated carbocycles. The van der Waals surface area contributed by atoms with Crippen molar-refractivity contribution in [3.05, 3.63) is 65.7 Å². The van der Waals surface area contributed by atoms with Gasteiger partial charge in [-0.15, -0.1) is 0 Å². The van der Waals surface area contributed by atoms with E-state index in [0.29, 0.717) is 0 Å². The molecule has 21 heavy (non-hydrogen) atoms. The predicted molar refractivity (Wildman–Crippen MR) is 82.6 cm³/mol. The maximum atomic E-state index is 13.7. The second kappa shape index (κ2) is 6.04. The molecule has 0 spiro atoms. The molecule has 0 fully saturated rings. The third kappa shape index (κ3) is 3.66. The van der Waals surface area contributed by atoms with Gasteiger partial charge in [0, 0.05) is 5.56 Å². The van der Waals surface area contributed by atoms with Gasteiger partial charge in [0.05, 0.1) is 17.4 Å². The maximum Gasteiger partial charge on any atom is 0.167 e. The molecular weight excluding hydrogens is 270 g/mol. The van der Waals surface area contributed by atoms with Crippen LogP contribution in [0, 0.1) is 11.6 Å². The van der Waals surface area contributed by atoms with E-state index in [1.54, 1.807) is 5.01 Å². The molecule has 2 aromatic rings. The summed E-state index contributed by atoms with van der Waals surface area (Å²) in [6.07, 6.45) is 1.34. The van der Waals surface area contributed by atoms with Crippen molar-refractivity contribution in [2.75, 3.05) is 5.01 Å². The Morgan fingerprint density at radius 3 is 2.24 bits per heavy atom. The van der Waals surface area contributed by atoms with Crippen LogP contribution in [-0.2, 0) is 0 Å². The molecule has 0 aliphatic heterocycles. The first-order valence-electron chi connectivity index (χ1n) is 6.73. The lowest BCUT2D eigenvalue weighted by atomic mass is 10.1. The molecule has 0 aliphatic rings. The smallest absolute Gasteiger partial charge is 0.167 e. The summed E-state index contributed by atoms with van der Waals surface area (Å²) < 4.78 is 26.9. The van der Waals surface area contributed by atoms with E-state index in [-0.39, 0.29) is 11.1 Å². The summed E-state index contributed by atoms with van der Waals surface area (Å²) in [5.74, 6) is -1.76. The molecule has 0 saturated heterocycles. The van der Waals surface area contributed by atoms with E-state index in [2.05, 4.69) is 5.10 Å². The zero-order chi connectivity index (χ0) is 15.5. The minimum Gasteiger partial charge on any atom is -0.260 e. The Labute approximate surface area is 123 Å². The molecule has 0 bridgehead atoms. The zero-order valence-electron chi connectivity index (χ0n) is 12.3. The fourth-order valence-electron chi connectivity index (χ4n) is 1.94. The Morgan fingerprint density at radius 2 is 1.62 bits per heavy atom. The van der Waals surface area contributed by atoms with Crippen molar-refractivity contribution in [1.29, 1.82) is 0 Å². The summed E-state index contributed by atoms with van der Waals surface area (Å²) in [6.45, 7) is 6.00. The first-order valence-corrected chi connectivity index (χ1v) is 6.73. The van der Waals surface area contributed by atoms with Gasteiger partial charge in [-0.1, -0.05) is 30.3 Å². The maximum absolute atomic E-state index is 13.7. The summed E-state index contributed by atoms with van der Waals surface area (Å²) in [5, 5.41) is 6.11. The number of hydrogen-bond donors (Lipinski definition) is 0. The molecular formula is C17H18F2N2. The molecule has 0 heterocycles. The summed E-state index contributed by atoms with van der Waals surface area (Å²) >= 11 is 0. The van der Waals surface area contributed by atoms with Crippen LogP contribution in [0.5, 0.6) is 0 Å². The predicted octanol–water partition coefficient (Wildman–Crippen LogP) is 4.60. The molecule has 0 aliphatic carbocycles. The van der Waals surface area contributed by atoms with E-state index in [1.165, 1.54) is 18.3 Å². The molecule has 2 rings (SSSR count). The Morgan fingerprint density at radius 1 is 0.952 bits per heavy atom. The number of halogens is 2. The molecule has 0 unspecified atom stereocenters. The minimum absolute atomic E-state index is 0.125. The highest BCUT2D eigenvalue weighted by Gasteiger charge is 2.21. The largest absolute Gasteiger partial charge is 0.260 e.